The van der Waals surface area contributed by atoms with Crippen molar-refractivity contribution in [3.8, 4) is 0 Å². The van der Waals surface area contributed by atoms with Gasteiger partial charge in [0.15, 0.2) is 0 Å². The number of rotatable bonds is 2. The monoisotopic (exact) mass is 344 g/mol. The summed E-state index contributed by atoms with van der Waals surface area (Å²) in [4.78, 5) is 25.6. The zero-order valence-electron chi connectivity index (χ0n) is 13.9. The molecule has 2 amide bonds. The van der Waals surface area contributed by atoms with Crippen LogP contribution in [0.25, 0.3) is 0 Å². The summed E-state index contributed by atoms with van der Waals surface area (Å²) in [5, 5.41) is 12.0. The molecule has 2 aliphatic heterocycles. The Morgan fingerprint density at radius 3 is 1.42 bits per heavy atom. The van der Waals surface area contributed by atoms with E-state index >= 15 is 0 Å². The lowest BCUT2D eigenvalue weighted by molar-refractivity contribution is -0.121. The second-order valence-corrected chi connectivity index (χ2v) is 6.67. The van der Waals surface area contributed by atoms with Gasteiger partial charge in [-0.15, -0.1) is 0 Å². The van der Waals surface area contributed by atoms with Crippen molar-refractivity contribution in [3.63, 3.8) is 0 Å². The van der Waals surface area contributed by atoms with Gasteiger partial charge >= 0.3 is 0 Å². The summed E-state index contributed by atoms with van der Waals surface area (Å²) >= 11 is 0. The first kappa shape index (κ1) is 15.0. The maximum atomic E-state index is 12.8. The Morgan fingerprint density at radius 1 is 0.654 bits per heavy atom. The lowest BCUT2D eigenvalue weighted by atomic mass is 9.79. The van der Waals surface area contributed by atoms with Crippen LogP contribution in [0.2, 0.25) is 0 Å². The highest BCUT2D eigenvalue weighted by atomic mass is 16.2. The van der Waals surface area contributed by atoms with E-state index < -0.39 is 0 Å². The molecule has 1 saturated carbocycles. The smallest absolute Gasteiger partial charge is 0.256 e. The first-order chi connectivity index (χ1) is 12.7. The third-order valence-electron chi connectivity index (χ3n) is 5.10. The number of hydrogen-bond acceptors (Lipinski definition) is 4. The molecule has 0 radical (unpaired) electrons. The van der Waals surface area contributed by atoms with Gasteiger partial charge in [-0.3, -0.25) is 9.59 Å². The van der Waals surface area contributed by atoms with Crippen molar-refractivity contribution in [2.75, 3.05) is 10.0 Å². The zero-order valence-corrected chi connectivity index (χ0v) is 13.9. The number of hydrogen-bond donors (Lipinski definition) is 0. The first-order valence-corrected chi connectivity index (χ1v) is 8.65. The quantitative estimate of drug-likeness (QED) is 0.841. The average molecular weight is 344 g/mol. The molecule has 0 N–H and O–H groups in total. The molecule has 2 aromatic rings. The van der Waals surface area contributed by atoms with E-state index in [4.69, 9.17) is 0 Å². The normalized spacial score (nSPS) is 24.3. The molecular weight excluding hydrogens is 328 g/mol. The molecule has 6 nitrogen and oxygen atoms in total. The molecule has 0 aromatic heterocycles. The molecule has 6 heteroatoms. The van der Waals surface area contributed by atoms with Gasteiger partial charge in [0.2, 0.25) is 0 Å². The molecule has 1 fully saturated rings. The molecule has 0 spiro atoms. The van der Waals surface area contributed by atoms with E-state index in [1.165, 1.54) is 10.0 Å². The Bertz CT molecular complexity index is 873. The number of para-hydroxylation sites is 2. The van der Waals surface area contributed by atoms with Gasteiger partial charge < -0.3 is 0 Å². The molecule has 26 heavy (non-hydrogen) atoms. The number of hydrazone groups is 2. The summed E-state index contributed by atoms with van der Waals surface area (Å²) in [5.41, 5.74) is 3.07. The van der Waals surface area contributed by atoms with Gasteiger partial charge in [0, 0.05) is 12.8 Å². The molecule has 0 saturated heterocycles. The van der Waals surface area contributed by atoms with Gasteiger partial charge in [-0.2, -0.15) is 10.2 Å². The molecule has 128 valence electrons. The van der Waals surface area contributed by atoms with Crippen molar-refractivity contribution in [2.24, 2.45) is 22.0 Å². The van der Waals surface area contributed by atoms with E-state index in [-0.39, 0.29) is 23.7 Å². The highest BCUT2D eigenvalue weighted by Gasteiger charge is 2.48. The number of carbonyl (C=O) groups is 2. The summed E-state index contributed by atoms with van der Waals surface area (Å²) in [5.74, 6) is -0.710. The van der Waals surface area contributed by atoms with Crippen molar-refractivity contribution < 1.29 is 9.59 Å². The Balaban J connectivity index is 1.44. The molecule has 2 unspecified atom stereocenters. The van der Waals surface area contributed by atoms with Crippen molar-refractivity contribution in [3.05, 3.63) is 60.7 Å². The predicted octanol–water partition coefficient (Wildman–Crippen LogP) is 2.82. The number of carbonyl (C=O) groups excluding carboxylic acids is 2. The number of amides is 2. The van der Waals surface area contributed by atoms with Gasteiger partial charge in [-0.25, -0.2) is 10.0 Å². The summed E-state index contributed by atoms with van der Waals surface area (Å²) in [6, 6.07) is 18.8. The van der Waals surface area contributed by atoms with Crippen LogP contribution >= 0.6 is 0 Å². The molecular formula is C20H16N4O2. The fourth-order valence-electron chi connectivity index (χ4n) is 3.78. The van der Waals surface area contributed by atoms with Gasteiger partial charge in [0.1, 0.15) is 0 Å². The Morgan fingerprint density at radius 2 is 1.04 bits per heavy atom. The Labute approximate surface area is 150 Å². The zero-order chi connectivity index (χ0) is 17.7. The number of anilines is 2. The molecule has 2 heterocycles. The van der Waals surface area contributed by atoms with Crippen LogP contribution in [-0.4, -0.2) is 23.2 Å². The third kappa shape index (κ3) is 2.19. The number of fused-ring (bicyclic) bond motifs is 2. The highest BCUT2D eigenvalue weighted by Crippen LogP contribution is 2.37. The van der Waals surface area contributed by atoms with Gasteiger partial charge in [0.05, 0.1) is 34.6 Å². The topological polar surface area (TPSA) is 65.3 Å². The van der Waals surface area contributed by atoms with Crippen LogP contribution in [0.1, 0.15) is 12.8 Å². The molecule has 5 rings (SSSR count). The first-order valence-electron chi connectivity index (χ1n) is 8.65. The van der Waals surface area contributed by atoms with Crippen LogP contribution in [0.5, 0.6) is 0 Å². The molecule has 1 aliphatic carbocycles. The second kappa shape index (κ2) is 5.62. The van der Waals surface area contributed by atoms with Crippen LogP contribution < -0.4 is 10.0 Å². The lowest BCUT2D eigenvalue weighted by Gasteiger charge is -2.21. The number of nitrogens with zero attached hydrogens (tertiary/aromatic N) is 4. The Kier molecular flexibility index (Phi) is 3.25. The van der Waals surface area contributed by atoms with E-state index in [2.05, 4.69) is 10.2 Å². The molecule has 3 aliphatic rings. The summed E-state index contributed by atoms with van der Waals surface area (Å²) in [6.45, 7) is 0. The van der Waals surface area contributed by atoms with Crippen LogP contribution in [-0.2, 0) is 9.59 Å². The van der Waals surface area contributed by atoms with E-state index in [1.807, 2.05) is 60.7 Å². The predicted molar refractivity (Wildman–Crippen MR) is 98.9 cm³/mol. The van der Waals surface area contributed by atoms with Crippen molar-refractivity contribution in [2.45, 2.75) is 12.8 Å². The van der Waals surface area contributed by atoms with Crippen molar-refractivity contribution in [1.82, 2.24) is 0 Å². The average Bonchev–Trinajstić information content (AvgIpc) is 3.19. The van der Waals surface area contributed by atoms with Crippen LogP contribution in [0.15, 0.2) is 70.9 Å². The van der Waals surface area contributed by atoms with E-state index in [0.717, 1.165) is 22.8 Å². The Hall–Kier alpha value is -3.28. The fraction of sp³-hybridized carbons (Fsp3) is 0.200. The van der Waals surface area contributed by atoms with Gasteiger partial charge in [-0.1, -0.05) is 36.4 Å². The minimum absolute atomic E-state index is 0.0436. The standard InChI is InChI=1S/C20H16N4O2/c25-19-15-11-18-16(20(26)24(22-18)14-9-5-2-6-10-14)12-17(15)21-23(19)13-7-3-1-4-8-13/h1-10,15-16H,11-12H2. The van der Waals surface area contributed by atoms with Crippen LogP contribution in [0.4, 0.5) is 11.4 Å². The summed E-state index contributed by atoms with van der Waals surface area (Å²) in [7, 11) is 0. The maximum Gasteiger partial charge on any atom is 0.256 e. The molecule has 0 bridgehead atoms. The SMILES string of the molecule is O=C1C2CC3=NN(c4ccccc4)C(=O)C3CC2=NN1c1ccccc1. The van der Waals surface area contributed by atoms with Gasteiger partial charge in [-0.05, 0) is 24.3 Å². The van der Waals surface area contributed by atoms with Crippen LogP contribution in [0, 0.1) is 11.8 Å². The van der Waals surface area contributed by atoms with E-state index in [1.54, 1.807) is 0 Å². The highest BCUT2D eigenvalue weighted by molar-refractivity contribution is 6.26. The molecule has 2 atom stereocenters. The maximum absolute atomic E-state index is 12.8. The van der Waals surface area contributed by atoms with E-state index in [0.29, 0.717) is 12.8 Å². The van der Waals surface area contributed by atoms with Crippen LogP contribution in [0.3, 0.4) is 0 Å². The lowest BCUT2D eigenvalue weighted by Crippen LogP contribution is -2.38. The largest absolute Gasteiger partial charge is 0.272 e. The van der Waals surface area contributed by atoms with Crippen molar-refractivity contribution >= 4 is 34.6 Å². The number of benzene rings is 2. The summed E-state index contributed by atoms with van der Waals surface area (Å²) < 4.78 is 0. The molecule has 2 aromatic carbocycles. The second-order valence-electron chi connectivity index (χ2n) is 6.67. The van der Waals surface area contributed by atoms with E-state index in [9.17, 15) is 9.59 Å². The van der Waals surface area contributed by atoms with Crippen molar-refractivity contribution in [1.29, 1.82) is 0 Å². The minimum Gasteiger partial charge on any atom is -0.272 e. The summed E-state index contributed by atoms with van der Waals surface area (Å²) in [6.07, 6.45) is 0.918. The fourth-order valence-corrected chi connectivity index (χ4v) is 3.78. The van der Waals surface area contributed by atoms with Gasteiger partial charge in [0.25, 0.3) is 11.8 Å². The minimum atomic E-state index is -0.311. The third-order valence-corrected chi connectivity index (χ3v) is 5.10.